The zero-order valence-corrected chi connectivity index (χ0v) is 18.1. The van der Waals surface area contributed by atoms with Crippen molar-refractivity contribution in [2.75, 3.05) is 27.3 Å². The smallest absolute Gasteiger partial charge is 0.209 e. The summed E-state index contributed by atoms with van der Waals surface area (Å²) in [4.78, 5) is 6.54. The van der Waals surface area contributed by atoms with Crippen LogP contribution in [0, 0.1) is 0 Å². The molecule has 2 N–H and O–H groups in total. The molecule has 30 heavy (non-hydrogen) atoms. The van der Waals surface area contributed by atoms with E-state index in [1.54, 1.807) is 7.11 Å². The number of nitrogens with zero attached hydrogens (tertiary/aromatic N) is 2. The van der Waals surface area contributed by atoms with E-state index in [1.807, 2.05) is 49.5 Å². The van der Waals surface area contributed by atoms with Crippen molar-refractivity contribution in [1.29, 1.82) is 0 Å². The molecule has 0 radical (unpaired) electrons. The van der Waals surface area contributed by atoms with Crippen LogP contribution in [0.25, 0.3) is 11.1 Å². The molecule has 0 aliphatic carbocycles. The van der Waals surface area contributed by atoms with Crippen molar-refractivity contribution < 1.29 is 19.0 Å². The number of oxazole rings is 1. The summed E-state index contributed by atoms with van der Waals surface area (Å²) in [5.41, 5.74) is 2.70. The number of para-hydroxylation sites is 2. The van der Waals surface area contributed by atoms with Gasteiger partial charge in [-0.05, 0) is 50.7 Å². The molecule has 2 aromatic carbocycles. The second-order valence-electron chi connectivity index (χ2n) is 7.66. The van der Waals surface area contributed by atoms with Crippen molar-refractivity contribution in [3.63, 3.8) is 0 Å². The Bertz CT molecular complexity index is 908. The van der Waals surface area contributed by atoms with Crippen LogP contribution in [0.15, 0.2) is 46.9 Å². The van der Waals surface area contributed by atoms with Crippen LogP contribution in [0.4, 0.5) is 0 Å². The third-order valence-corrected chi connectivity index (χ3v) is 4.98. The topological polar surface area (TPSA) is 80.0 Å². The predicted octanol–water partition coefficient (Wildman–Crippen LogP) is 3.21. The van der Waals surface area contributed by atoms with Crippen molar-refractivity contribution in [2.24, 2.45) is 0 Å². The largest absolute Gasteiger partial charge is 0.493 e. The highest BCUT2D eigenvalue weighted by atomic mass is 16.5. The summed E-state index contributed by atoms with van der Waals surface area (Å²) >= 11 is 0. The van der Waals surface area contributed by atoms with Crippen LogP contribution in [-0.2, 0) is 13.1 Å². The molecule has 7 heteroatoms. The number of nitrogens with one attached hydrogen (secondary N) is 1. The Balaban J connectivity index is 1.51. The maximum Gasteiger partial charge on any atom is 0.209 e. The second kappa shape index (κ2) is 10.4. The standard InChI is InChI=1S/C23H31N3O4/c1-16(2)26(3)14-18(27)15-29-21-10-9-17(11-22(21)28-4)12-24-13-23-25-19-7-5-6-8-20(19)30-23/h5-11,16,18,24,27H,12-15H2,1-4H3. The van der Waals surface area contributed by atoms with Crippen LogP contribution in [0.3, 0.4) is 0 Å². The van der Waals surface area contributed by atoms with Gasteiger partial charge in [0, 0.05) is 19.1 Å². The second-order valence-corrected chi connectivity index (χ2v) is 7.66. The van der Waals surface area contributed by atoms with Gasteiger partial charge in [0.05, 0.1) is 13.7 Å². The minimum atomic E-state index is -0.570. The number of hydrogen-bond donors (Lipinski definition) is 2. The van der Waals surface area contributed by atoms with Crippen LogP contribution >= 0.6 is 0 Å². The van der Waals surface area contributed by atoms with Crippen LogP contribution in [-0.4, -0.2) is 54.4 Å². The van der Waals surface area contributed by atoms with Gasteiger partial charge in [-0.1, -0.05) is 18.2 Å². The van der Waals surface area contributed by atoms with E-state index >= 15 is 0 Å². The highest BCUT2D eigenvalue weighted by Crippen LogP contribution is 2.28. The molecular formula is C23H31N3O4. The summed E-state index contributed by atoms with van der Waals surface area (Å²) in [7, 11) is 3.60. The molecule has 7 nitrogen and oxygen atoms in total. The van der Waals surface area contributed by atoms with Gasteiger partial charge >= 0.3 is 0 Å². The van der Waals surface area contributed by atoms with Crippen LogP contribution in [0.2, 0.25) is 0 Å². The normalized spacial score (nSPS) is 12.6. The number of ether oxygens (including phenoxy) is 2. The third-order valence-electron chi connectivity index (χ3n) is 4.98. The molecule has 0 spiro atoms. The SMILES string of the molecule is COc1cc(CNCc2nc3ccccc3o2)ccc1OCC(O)CN(C)C(C)C. The van der Waals surface area contributed by atoms with E-state index in [0.29, 0.717) is 43.1 Å². The first kappa shape index (κ1) is 22.1. The molecule has 1 unspecified atom stereocenters. The fraction of sp³-hybridized carbons (Fsp3) is 0.435. The molecule has 0 amide bonds. The average Bonchev–Trinajstić information content (AvgIpc) is 3.15. The Morgan fingerprint density at radius 2 is 1.93 bits per heavy atom. The van der Waals surface area contributed by atoms with Crippen molar-refractivity contribution in [1.82, 2.24) is 15.2 Å². The fourth-order valence-electron chi connectivity index (χ4n) is 3.03. The zero-order valence-electron chi connectivity index (χ0n) is 18.1. The average molecular weight is 414 g/mol. The number of fused-ring (bicyclic) bond motifs is 1. The molecule has 0 bridgehead atoms. The quantitative estimate of drug-likeness (QED) is 0.500. The van der Waals surface area contributed by atoms with Crippen molar-refractivity contribution in [2.45, 2.75) is 39.1 Å². The molecule has 3 aromatic rings. The summed E-state index contributed by atoms with van der Waals surface area (Å²) in [5, 5.41) is 13.5. The van der Waals surface area contributed by atoms with E-state index in [4.69, 9.17) is 13.9 Å². The Kier molecular flexibility index (Phi) is 7.68. The van der Waals surface area contributed by atoms with E-state index in [2.05, 4.69) is 29.0 Å². The number of methoxy groups -OCH3 is 1. The number of rotatable bonds is 11. The number of hydrogen-bond acceptors (Lipinski definition) is 7. The molecule has 0 fully saturated rings. The molecule has 3 rings (SSSR count). The van der Waals surface area contributed by atoms with Crippen LogP contribution in [0.5, 0.6) is 11.5 Å². The Hall–Kier alpha value is -2.61. The van der Waals surface area contributed by atoms with Crippen LogP contribution in [0.1, 0.15) is 25.3 Å². The Labute approximate surface area is 177 Å². The molecule has 1 heterocycles. The van der Waals surface area contributed by atoms with Gasteiger partial charge < -0.3 is 29.2 Å². The van der Waals surface area contributed by atoms with Crippen molar-refractivity contribution in [3.8, 4) is 11.5 Å². The fourth-order valence-corrected chi connectivity index (χ4v) is 3.03. The highest BCUT2D eigenvalue weighted by molar-refractivity contribution is 5.72. The minimum absolute atomic E-state index is 0.211. The van der Waals surface area contributed by atoms with E-state index in [-0.39, 0.29) is 6.61 Å². The zero-order chi connectivity index (χ0) is 21.5. The van der Waals surface area contributed by atoms with Gasteiger partial charge in [-0.25, -0.2) is 4.98 Å². The number of aliphatic hydroxyl groups excluding tert-OH is 1. The number of likely N-dealkylation sites (N-methyl/N-ethyl adjacent to an activating group) is 1. The van der Waals surface area contributed by atoms with E-state index in [0.717, 1.165) is 16.7 Å². The predicted molar refractivity (Wildman–Crippen MR) is 117 cm³/mol. The van der Waals surface area contributed by atoms with Crippen molar-refractivity contribution >= 4 is 11.1 Å². The molecule has 0 aliphatic heterocycles. The first-order chi connectivity index (χ1) is 14.5. The number of aliphatic hydroxyl groups is 1. The summed E-state index contributed by atoms with van der Waals surface area (Å²) in [6.07, 6.45) is -0.570. The lowest BCUT2D eigenvalue weighted by atomic mass is 10.2. The lowest BCUT2D eigenvalue weighted by molar-refractivity contribution is 0.0668. The summed E-state index contributed by atoms with van der Waals surface area (Å²) < 4.78 is 17.0. The molecular weight excluding hydrogens is 382 g/mol. The summed E-state index contributed by atoms with van der Waals surface area (Å²) in [6.45, 7) is 6.11. The van der Waals surface area contributed by atoms with Crippen molar-refractivity contribution in [3.05, 3.63) is 53.9 Å². The number of benzene rings is 2. The van der Waals surface area contributed by atoms with Crippen LogP contribution < -0.4 is 14.8 Å². The molecule has 0 saturated carbocycles. The van der Waals surface area contributed by atoms with E-state index in [9.17, 15) is 5.11 Å². The highest BCUT2D eigenvalue weighted by Gasteiger charge is 2.13. The Morgan fingerprint density at radius 1 is 1.13 bits per heavy atom. The Morgan fingerprint density at radius 3 is 2.67 bits per heavy atom. The molecule has 0 aliphatic rings. The molecule has 162 valence electrons. The van der Waals surface area contributed by atoms with Gasteiger partial charge in [0.2, 0.25) is 5.89 Å². The van der Waals surface area contributed by atoms with Gasteiger partial charge in [-0.3, -0.25) is 0 Å². The maximum atomic E-state index is 10.2. The minimum Gasteiger partial charge on any atom is -0.493 e. The monoisotopic (exact) mass is 413 g/mol. The maximum absolute atomic E-state index is 10.2. The van der Waals surface area contributed by atoms with Gasteiger partial charge in [-0.15, -0.1) is 0 Å². The van der Waals surface area contributed by atoms with Gasteiger partial charge in [-0.2, -0.15) is 0 Å². The van der Waals surface area contributed by atoms with E-state index in [1.165, 1.54) is 0 Å². The summed E-state index contributed by atoms with van der Waals surface area (Å²) in [6, 6.07) is 13.9. The molecule has 1 atom stereocenters. The first-order valence-corrected chi connectivity index (χ1v) is 10.2. The van der Waals surface area contributed by atoms with Gasteiger partial charge in [0.15, 0.2) is 17.1 Å². The summed E-state index contributed by atoms with van der Waals surface area (Å²) in [5.74, 6) is 1.91. The third kappa shape index (κ3) is 5.95. The van der Waals surface area contributed by atoms with Gasteiger partial charge in [0.25, 0.3) is 0 Å². The lowest BCUT2D eigenvalue weighted by Crippen LogP contribution is -2.36. The molecule has 1 aromatic heterocycles. The van der Waals surface area contributed by atoms with Gasteiger partial charge in [0.1, 0.15) is 18.2 Å². The first-order valence-electron chi connectivity index (χ1n) is 10.2. The van der Waals surface area contributed by atoms with E-state index < -0.39 is 6.10 Å². The number of aromatic nitrogens is 1. The molecule has 0 saturated heterocycles. The lowest BCUT2D eigenvalue weighted by Gasteiger charge is -2.24.